The Bertz CT molecular complexity index is 905. The lowest BCUT2D eigenvalue weighted by Crippen LogP contribution is -2.16. The first kappa shape index (κ1) is 17.8. The lowest BCUT2D eigenvalue weighted by molar-refractivity contribution is -0.162. The summed E-state index contributed by atoms with van der Waals surface area (Å²) in [6.07, 6.45) is -6.33. The van der Waals surface area contributed by atoms with Gasteiger partial charge in [0.2, 0.25) is 0 Å². The second kappa shape index (κ2) is 6.36. The molecule has 2 aromatic heterocycles. The number of rotatable bonds is 2. The van der Waals surface area contributed by atoms with Gasteiger partial charge in [-0.15, -0.1) is 15.3 Å². The molecule has 0 spiro atoms. The van der Waals surface area contributed by atoms with Gasteiger partial charge in [0.15, 0.2) is 0 Å². The summed E-state index contributed by atoms with van der Waals surface area (Å²) < 4.78 is 77.5. The van der Waals surface area contributed by atoms with Gasteiger partial charge in [0.1, 0.15) is 6.20 Å². The maximum Gasteiger partial charge on any atom is 0.417 e. The molecule has 0 fully saturated rings. The molecule has 0 unspecified atom stereocenters. The van der Waals surface area contributed by atoms with Crippen LogP contribution in [0.1, 0.15) is 11.1 Å². The van der Waals surface area contributed by atoms with Gasteiger partial charge < -0.3 is 0 Å². The quantitative estimate of drug-likeness (QED) is 0.627. The van der Waals surface area contributed by atoms with Crippen molar-refractivity contribution in [2.24, 2.45) is 0 Å². The van der Waals surface area contributed by atoms with Gasteiger partial charge in [-0.3, -0.25) is 0 Å². The lowest BCUT2D eigenvalue weighted by atomic mass is 10.0. The molecule has 3 aromatic rings. The maximum absolute atomic E-state index is 13.0. The first-order valence-corrected chi connectivity index (χ1v) is 6.98. The van der Waals surface area contributed by atoms with Crippen molar-refractivity contribution in [3.63, 3.8) is 0 Å². The molecule has 1 radical (unpaired) electrons. The third-order valence-electron chi connectivity index (χ3n) is 3.40. The fourth-order valence-electron chi connectivity index (χ4n) is 2.22. The van der Waals surface area contributed by atoms with E-state index >= 15 is 0 Å². The van der Waals surface area contributed by atoms with Gasteiger partial charge in [0.05, 0.1) is 28.7 Å². The van der Waals surface area contributed by atoms with E-state index in [1.54, 1.807) is 6.07 Å². The molecule has 10 heteroatoms. The Morgan fingerprint density at radius 1 is 0.731 bits per heavy atom. The van der Waals surface area contributed by atoms with Crippen LogP contribution in [0.5, 0.6) is 0 Å². The van der Waals surface area contributed by atoms with E-state index in [1.807, 2.05) is 0 Å². The zero-order valence-corrected chi connectivity index (χ0v) is 12.6. The van der Waals surface area contributed by atoms with Gasteiger partial charge in [-0.05, 0) is 30.3 Å². The predicted molar refractivity (Wildman–Crippen MR) is 77.3 cm³/mol. The van der Waals surface area contributed by atoms with E-state index in [4.69, 9.17) is 0 Å². The number of benzene rings is 1. The zero-order chi connectivity index (χ0) is 18.9. The third-order valence-corrected chi connectivity index (χ3v) is 3.40. The highest BCUT2D eigenvalue weighted by Gasteiger charge is 2.43. The summed E-state index contributed by atoms with van der Waals surface area (Å²) in [7, 11) is 0. The molecule has 0 saturated carbocycles. The number of hydrogen-bond donors (Lipinski definition) is 0. The van der Waals surface area contributed by atoms with Crippen LogP contribution in [0.25, 0.3) is 22.5 Å². The molecule has 0 aliphatic carbocycles. The van der Waals surface area contributed by atoms with Gasteiger partial charge in [-0.2, -0.15) is 31.4 Å². The van der Waals surface area contributed by atoms with Crippen molar-refractivity contribution in [3.8, 4) is 22.5 Å². The fraction of sp³-hybridized carbons (Fsp3) is 0.125. The molecule has 3 rings (SSSR count). The Hall–Kier alpha value is -3.04. The third kappa shape index (κ3) is 3.63. The second-order valence-electron chi connectivity index (χ2n) is 5.12. The molecular weight excluding hydrogens is 362 g/mol. The maximum atomic E-state index is 13.0. The lowest BCUT2D eigenvalue weighted by Gasteiger charge is -2.16. The van der Waals surface area contributed by atoms with Crippen LogP contribution in [0, 0.1) is 6.20 Å². The predicted octanol–water partition coefficient (Wildman–Crippen LogP) is 4.44. The monoisotopic (exact) mass is 369 g/mol. The molecular formula is C16H7F6N4. The van der Waals surface area contributed by atoms with Crippen molar-refractivity contribution in [3.05, 3.63) is 59.9 Å². The topological polar surface area (TPSA) is 51.6 Å². The highest BCUT2D eigenvalue weighted by Crippen LogP contribution is 2.41. The molecule has 0 bridgehead atoms. The summed E-state index contributed by atoms with van der Waals surface area (Å²) in [4.78, 5) is 0. The van der Waals surface area contributed by atoms with Gasteiger partial charge in [0, 0.05) is 11.1 Å². The van der Waals surface area contributed by atoms with Gasteiger partial charge in [0.25, 0.3) is 0 Å². The fourth-order valence-corrected chi connectivity index (χ4v) is 2.22. The van der Waals surface area contributed by atoms with E-state index in [0.29, 0.717) is 23.4 Å². The molecule has 26 heavy (non-hydrogen) atoms. The summed E-state index contributed by atoms with van der Waals surface area (Å²) >= 11 is 0. The van der Waals surface area contributed by atoms with Crippen LogP contribution in [0.3, 0.4) is 0 Å². The minimum Gasteiger partial charge on any atom is -0.166 e. The van der Waals surface area contributed by atoms with Gasteiger partial charge in [-0.25, -0.2) is 0 Å². The molecule has 0 atom stereocenters. The average molecular weight is 369 g/mol. The standard InChI is InChI=1S/C16H7F6N4/c17-15(18,19)11-2-1-9(7-12(11)16(20,21)22)13-3-4-14(26-25-13)10-5-6-23-24-8-10/h1-7H. The number of hydrogen-bond acceptors (Lipinski definition) is 4. The highest BCUT2D eigenvalue weighted by atomic mass is 19.4. The summed E-state index contributed by atoms with van der Waals surface area (Å²) in [5.41, 5.74) is -2.87. The second-order valence-corrected chi connectivity index (χ2v) is 5.12. The van der Waals surface area contributed by atoms with E-state index in [0.717, 1.165) is 6.07 Å². The van der Waals surface area contributed by atoms with Crippen molar-refractivity contribution in [1.82, 2.24) is 20.4 Å². The van der Waals surface area contributed by atoms with Crippen molar-refractivity contribution >= 4 is 0 Å². The van der Waals surface area contributed by atoms with E-state index in [1.165, 1.54) is 18.3 Å². The minimum absolute atomic E-state index is 0.00464. The molecule has 133 valence electrons. The molecule has 0 aliphatic rings. The van der Waals surface area contributed by atoms with E-state index in [-0.39, 0.29) is 11.3 Å². The van der Waals surface area contributed by atoms with Crippen LogP contribution in [-0.2, 0) is 12.4 Å². The van der Waals surface area contributed by atoms with Gasteiger partial charge >= 0.3 is 12.4 Å². The molecule has 2 heterocycles. The first-order valence-electron chi connectivity index (χ1n) is 6.98. The Kier molecular flexibility index (Phi) is 4.34. The van der Waals surface area contributed by atoms with Crippen LogP contribution < -0.4 is 0 Å². The Labute approximate surface area is 142 Å². The molecule has 0 saturated heterocycles. The SMILES string of the molecule is FC(F)(F)c1ccc(-c2ccc(-c3[c]nncc3)nn2)cc1C(F)(F)F. The number of alkyl halides is 6. The summed E-state index contributed by atoms with van der Waals surface area (Å²) in [6, 6.07) is 6.06. The molecule has 0 N–H and O–H groups in total. The summed E-state index contributed by atoms with van der Waals surface area (Å²) in [6.45, 7) is 0. The van der Waals surface area contributed by atoms with Crippen molar-refractivity contribution in [2.75, 3.05) is 0 Å². The zero-order valence-electron chi connectivity index (χ0n) is 12.6. The smallest absolute Gasteiger partial charge is 0.166 e. The van der Waals surface area contributed by atoms with Crippen molar-refractivity contribution in [2.45, 2.75) is 12.4 Å². The Morgan fingerprint density at radius 3 is 1.92 bits per heavy atom. The number of aromatic nitrogens is 4. The van der Waals surface area contributed by atoms with E-state index < -0.39 is 23.5 Å². The normalized spacial score (nSPS) is 12.2. The molecule has 1 aromatic carbocycles. The van der Waals surface area contributed by atoms with E-state index in [2.05, 4.69) is 26.6 Å². The van der Waals surface area contributed by atoms with Crippen LogP contribution in [0.15, 0.2) is 42.6 Å². The summed E-state index contributed by atoms with van der Waals surface area (Å²) in [5.74, 6) is 0. The molecule has 0 aliphatic heterocycles. The minimum atomic E-state index is -5.16. The summed E-state index contributed by atoms with van der Waals surface area (Å²) in [5, 5.41) is 14.7. The highest BCUT2D eigenvalue weighted by molar-refractivity contribution is 5.64. The van der Waals surface area contributed by atoms with Crippen molar-refractivity contribution < 1.29 is 26.3 Å². The Balaban J connectivity index is 2.02. The molecule has 0 amide bonds. The van der Waals surface area contributed by atoms with Crippen LogP contribution in [0.2, 0.25) is 0 Å². The number of halogens is 6. The Morgan fingerprint density at radius 2 is 1.38 bits per heavy atom. The van der Waals surface area contributed by atoms with Crippen LogP contribution in [-0.4, -0.2) is 20.4 Å². The largest absolute Gasteiger partial charge is 0.417 e. The van der Waals surface area contributed by atoms with Gasteiger partial charge in [-0.1, -0.05) is 6.07 Å². The number of nitrogens with zero attached hydrogens (tertiary/aromatic N) is 4. The van der Waals surface area contributed by atoms with E-state index in [9.17, 15) is 26.3 Å². The van der Waals surface area contributed by atoms with Crippen LogP contribution >= 0.6 is 0 Å². The first-order chi connectivity index (χ1) is 12.2. The van der Waals surface area contributed by atoms with Crippen molar-refractivity contribution in [1.29, 1.82) is 0 Å². The average Bonchev–Trinajstić information content (AvgIpc) is 2.61. The van der Waals surface area contributed by atoms with Crippen LogP contribution in [0.4, 0.5) is 26.3 Å². The molecule has 4 nitrogen and oxygen atoms in total.